The maximum Gasteiger partial charge on any atom is 0.429 e. The quantitative estimate of drug-likeness (QED) is 0.457. The predicted molar refractivity (Wildman–Crippen MR) is 109 cm³/mol. The van der Waals surface area contributed by atoms with E-state index in [1.54, 1.807) is 71.9 Å². The van der Waals surface area contributed by atoms with Gasteiger partial charge in [0.25, 0.3) is 0 Å². The number of nitrogens with zero attached hydrogens (tertiary/aromatic N) is 1. The lowest BCUT2D eigenvalue weighted by Gasteiger charge is -2.34. The van der Waals surface area contributed by atoms with Crippen LogP contribution in [0.2, 0.25) is 0 Å². The van der Waals surface area contributed by atoms with Crippen LogP contribution in [0, 0.1) is 5.92 Å². The molecule has 0 unspecified atom stereocenters. The van der Waals surface area contributed by atoms with Gasteiger partial charge in [-0.15, -0.1) is 0 Å². The third-order valence-corrected chi connectivity index (χ3v) is 4.03. The van der Waals surface area contributed by atoms with Crippen LogP contribution in [-0.2, 0) is 9.47 Å². The minimum Gasteiger partial charge on any atom is -0.443 e. The highest BCUT2D eigenvalue weighted by atomic mass is 16.6. The standard InChI is InChI=1S/C22H30N2O5/c1-21(2,3)28-19(26)23-24(20(27)29-22(4,5)6)17-14-10-13-16(17)18(25)15-11-8-7-9-12-15/h7-13,16-17H,14H2,1-6H3,(H,23,26)/t16-,17-/m1/s1. The minimum atomic E-state index is -0.791. The van der Waals surface area contributed by atoms with Gasteiger partial charge in [-0.25, -0.2) is 20.0 Å². The van der Waals surface area contributed by atoms with Gasteiger partial charge in [-0.3, -0.25) is 4.79 Å². The maximum atomic E-state index is 13.0. The van der Waals surface area contributed by atoms with Gasteiger partial charge in [-0.2, -0.15) is 0 Å². The van der Waals surface area contributed by atoms with E-state index in [1.165, 1.54) is 0 Å². The molecule has 2 rings (SSSR count). The number of hydrogen-bond donors (Lipinski definition) is 1. The molecule has 1 aliphatic rings. The molecule has 0 fully saturated rings. The number of nitrogens with one attached hydrogen (secondary N) is 1. The summed E-state index contributed by atoms with van der Waals surface area (Å²) in [6.45, 7) is 10.4. The molecule has 2 atom stereocenters. The van der Waals surface area contributed by atoms with Gasteiger partial charge in [0, 0.05) is 5.56 Å². The monoisotopic (exact) mass is 402 g/mol. The largest absolute Gasteiger partial charge is 0.443 e. The number of hydrogen-bond acceptors (Lipinski definition) is 5. The van der Waals surface area contributed by atoms with Gasteiger partial charge in [0.05, 0.1) is 12.0 Å². The van der Waals surface area contributed by atoms with Crippen LogP contribution in [-0.4, -0.2) is 40.2 Å². The number of ketones is 1. The van der Waals surface area contributed by atoms with Crippen molar-refractivity contribution in [1.29, 1.82) is 0 Å². The number of benzene rings is 1. The highest BCUT2D eigenvalue weighted by molar-refractivity contribution is 6.00. The second-order valence-electron chi connectivity index (χ2n) is 8.95. The van der Waals surface area contributed by atoms with Gasteiger partial charge < -0.3 is 9.47 Å². The molecule has 0 radical (unpaired) electrons. The van der Waals surface area contributed by atoms with Crippen molar-refractivity contribution in [2.24, 2.45) is 5.92 Å². The predicted octanol–water partition coefficient (Wildman–Crippen LogP) is 4.49. The van der Waals surface area contributed by atoms with E-state index in [1.807, 2.05) is 12.1 Å². The number of rotatable bonds is 3. The van der Waals surface area contributed by atoms with Crippen LogP contribution in [0.1, 0.15) is 58.3 Å². The summed E-state index contributed by atoms with van der Waals surface area (Å²) in [5, 5.41) is 1.07. The number of amides is 2. The van der Waals surface area contributed by atoms with Crippen LogP contribution in [0.25, 0.3) is 0 Å². The highest BCUT2D eigenvalue weighted by Crippen LogP contribution is 2.28. The van der Waals surface area contributed by atoms with Crippen molar-refractivity contribution < 1.29 is 23.9 Å². The average molecular weight is 402 g/mol. The third kappa shape index (κ3) is 6.62. The molecule has 0 aliphatic heterocycles. The van der Waals surface area contributed by atoms with Crippen molar-refractivity contribution in [2.45, 2.75) is 65.2 Å². The van der Waals surface area contributed by atoms with Crippen LogP contribution in [0.4, 0.5) is 9.59 Å². The summed E-state index contributed by atoms with van der Waals surface area (Å²) in [7, 11) is 0. The zero-order chi connectivity index (χ0) is 21.8. The van der Waals surface area contributed by atoms with Crippen molar-refractivity contribution in [1.82, 2.24) is 10.4 Å². The Kier molecular flexibility index (Phi) is 6.72. The summed E-state index contributed by atoms with van der Waals surface area (Å²) in [6, 6.07) is 8.23. The van der Waals surface area contributed by atoms with E-state index in [-0.39, 0.29) is 5.78 Å². The minimum absolute atomic E-state index is 0.135. The average Bonchev–Trinajstić information content (AvgIpc) is 3.06. The first-order valence-electron chi connectivity index (χ1n) is 9.65. The van der Waals surface area contributed by atoms with Gasteiger partial charge in [-0.05, 0) is 48.0 Å². The van der Waals surface area contributed by atoms with Gasteiger partial charge in [0.1, 0.15) is 11.2 Å². The summed E-state index contributed by atoms with van der Waals surface area (Å²) in [6.07, 6.45) is 2.44. The zero-order valence-corrected chi connectivity index (χ0v) is 17.9. The Hall–Kier alpha value is -2.83. The maximum absolute atomic E-state index is 13.0. The van der Waals surface area contributed by atoms with Crippen molar-refractivity contribution >= 4 is 18.0 Å². The van der Waals surface area contributed by atoms with Gasteiger partial charge in [-0.1, -0.05) is 42.5 Å². The lowest BCUT2D eigenvalue weighted by molar-refractivity contribution is -0.0120. The molecule has 1 N–H and O–H groups in total. The van der Waals surface area contributed by atoms with E-state index in [4.69, 9.17) is 9.47 Å². The van der Waals surface area contributed by atoms with Crippen molar-refractivity contribution in [3.05, 3.63) is 48.0 Å². The molecule has 158 valence electrons. The number of Topliss-reactive ketones (excluding diaryl/α,β-unsaturated/α-hetero) is 1. The van der Waals surface area contributed by atoms with Gasteiger partial charge in [0.2, 0.25) is 0 Å². The van der Waals surface area contributed by atoms with Gasteiger partial charge >= 0.3 is 12.2 Å². The van der Waals surface area contributed by atoms with Crippen molar-refractivity contribution in [3.63, 3.8) is 0 Å². The Morgan fingerprint density at radius 3 is 2.10 bits per heavy atom. The summed E-state index contributed by atoms with van der Waals surface area (Å²) in [5.74, 6) is -0.747. The molecular weight excluding hydrogens is 372 g/mol. The molecule has 0 heterocycles. The fraction of sp³-hybridized carbons (Fsp3) is 0.500. The summed E-state index contributed by atoms with van der Waals surface area (Å²) in [4.78, 5) is 38.2. The van der Waals surface area contributed by atoms with Crippen LogP contribution < -0.4 is 5.43 Å². The topological polar surface area (TPSA) is 84.9 Å². The van der Waals surface area contributed by atoms with Crippen molar-refractivity contribution in [2.75, 3.05) is 0 Å². The van der Waals surface area contributed by atoms with Crippen LogP contribution in [0.5, 0.6) is 0 Å². The third-order valence-electron chi connectivity index (χ3n) is 4.03. The number of ether oxygens (including phenoxy) is 2. The smallest absolute Gasteiger partial charge is 0.429 e. The first kappa shape index (κ1) is 22.5. The number of carbonyl (C=O) groups is 3. The van der Waals surface area contributed by atoms with E-state index in [2.05, 4.69) is 5.43 Å². The van der Waals surface area contributed by atoms with Crippen molar-refractivity contribution in [3.8, 4) is 0 Å². The van der Waals surface area contributed by atoms with E-state index < -0.39 is 35.3 Å². The number of hydrazine groups is 1. The Morgan fingerprint density at radius 2 is 1.55 bits per heavy atom. The van der Waals surface area contributed by atoms with Crippen LogP contribution in [0.3, 0.4) is 0 Å². The molecule has 2 amide bonds. The molecule has 7 nitrogen and oxygen atoms in total. The highest BCUT2D eigenvalue weighted by Gasteiger charge is 2.39. The second kappa shape index (κ2) is 8.68. The second-order valence-corrected chi connectivity index (χ2v) is 8.95. The Labute approximate surface area is 172 Å². The SMILES string of the molecule is CC(C)(C)OC(=O)NN(C(=O)OC(C)(C)C)[C@@H]1CC=C[C@H]1C(=O)c1ccccc1. The van der Waals surface area contributed by atoms with E-state index in [0.29, 0.717) is 12.0 Å². The van der Waals surface area contributed by atoms with E-state index in [9.17, 15) is 14.4 Å². The molecule has 0 spiro atoms. The molecule has 29 heavy (non-hydrogen) atoms. The van der Waals surface area contributed by atoms with E-state index in [0.717, 1.165) is 5.01 Å². The molecule has 0 saturated carbocycles. The van der Waals surface area contributed by atoms with E-state index >= 15 is 0 Å². The Balaban J connectivity index is 2.27. The van der Waals surface area contributed by atoms with Crippen LogP contribution in [0.15, 0.2) is 42.5 Å². The normalized spacial score (nSPS) is 18.8. The first-order valence-corrected chi connectivity index (χ1v) is 9.65. The number of carbonyl (C=O) groups excluding carboxylic acids is 3. The lowest BCUT2D eigenvalue weighted by atomic mass is 9.93. The fourth-order valence-electron chi connectivity index (χ4n) is 2.94. The molecule has 1 aromatic rings. The Bertz CT molecular complexity index is 775. The molecule has 1 aliphatic carbocycles. The molecule has 0 aromatic heterocycles. The summed E-state index contributed by atoms with van der Waals surface area (Å²) >= 11 is 0. The molecule has 0 bridgehead atoms. The van der Waals surface area contributed by atoms with Crippen LogP contribution >= 0.6 is 0 Å². The summed E-state index contributed by atoms with van der Waals surface area (Å²) in [5.41, 5.74) is 1.51. The molecular formula is C22H30N2O5. The Morgan fingerprint density at radius 1 is 0.966 bits per heavy atom. The fourth-order valence-corrected chi connectivity index (χ4v) is 2.94. The molecule has 0 saturated heterocycles. The summed E-state index contributed by atoms with van der Waals surface area (Å²) < 4.78 is 10.7. The zero-order valence-electron chi connectivity index (χ0n) is 17.9. The lowest BCUT2D eigenvalue weighted by Crippen LogP contribution is -2.56. The molecule has 7 heteroatoms. The first-order chi connectivity index (χ1) is 13.4. The molecule has 1 aromatic carbocycles. The van der Waals surface area contributed by atoms with Gasteiger partial charge in [0.15, 0.2) is 5.78 Å².